The normalized spacial score (nSPS) is 13.1. The molecule has 430 valence electrons. The largest absolute Gasteiger partial charge is 0.481 e. The third kappa shape index (κ3) is 16.1. The Kier molecular flexibility index (Phi) is 19.7. The molecule has 3 heterocycles. The van der Waals surface area contributed by atoms with Gasteiger partial charge in [-0.15, -0.1) is 0 Å². The molecule has 0 saturated heterocycles. The second-order valence-corrected chi connectivity index (χ2v) is 20.4. The smallest absolute Gasteiger partial charge is 0.300 e. The summed E-state index contributed by atoms with van der Waals surface area (Å²) in [6.07, 6.45) is 6.27. The van der Waals surface area contributed by atoms with Crippen LogP contribution in [0.1, 0.15) is 106 Å². The summed E-state index contributed by atoms with van der Waals surface area (Å²) >= 11 is 0. The molecule has 10 N–H and O–H groups in total. The number of aliphatic carboxylic acids is 1. The van der Waals surface area contributed by atoms with Crippen LogP contribution in [0.5, 0.6) is 0 Å². The van der Waals surface area contributed by atoms with E-state index in [4.69, 9.17) is 33.3 Å². The third-order valence-electron chi connectivity index (χ3n) is 13.3. The zero-order valence-corrected chi connectivity index (χ0v) is 46.6. The highest BCUT2D eigenvalue weighted by Crippen LogP contribution is 2.34. The molecule has 0 bridgehead atoms. The van der Waals surface area contributed by atoms with Crippen LogP contribution in [0.15, 0.2) is 152 Å². The van der Waals surface area contributed by atoms with E-state index in [2.05, 4.69) is 58.4 Å². The Hall–Kier alpha value is -10.0. The Labute approximate surface area is 483 Å². The predicted octanol–water partition coefficient (Wildman–Crippen LogP) is 11.6. The minimum Gasteiger partial charge on any atom is -0.481 e. The molecule has 21 heteroatoms. The van der Waals surface area contributed by atoms with Crippen molar-refractivity contribution in [3.8, 4) is 11.4 Å². The topological polar surface area (TPSA) is 261 Å². The first-order chi connectivity index (χ1) is 40.3. The minimum absolute atomic E-state index is 0.0445. The van der Waals surface area contributed by atoms with Crippen LogP contribution in [0.4, 0.5) is 36.1 Å². The van der Waals surface area contributed by atoms with Gasteiger partial charge in [0.2, 0.25) is 5.69 Å². The number of carbonyl (C=O) groups is 3. The molecule has 0 aliphatic heterocycles. The van der Waals surface area contributed by atoms with Crippen LogP contribution in [0.2, 0.25) is 0 Å². The lowest BCUT2D eigenvalue weighted by atomic mass is 9.97. The summed E-state index contributed by atoms with van der Waals surface area (Å²) in [7, 11) is 0. The van der Waals surface area contributed by atoms with Gasteiger partial charge >= 0.3 is 0 Å². The number of benzene rings is 6. The summed E-state index contributed by atoms with van der Waals surface area (Å²) < 4.78 is 46.6. The number of amidine groups is 1. The molecule has 2 amide bonds. The molecular weight excluding hydrogens is 1070 g/mol. The molecule has 2 unspecified atom stereocenters. The summed E-state index contributed by atoms with van der Waals surface area (Å²) in [5, 5.41) is 35.8. The Morgan fingerprint density at radius 2 is 1.07 bits per heavy atom. The lowest BCUT2D eigenvalue weighted by Gasteiger charge is -2.21. The zero-order valence-electron chi connectivity index (χ0n) is 46.6. The van der Waals surface area contributed by atoms with Crippen molar-refractivity contribution in [3.05, 3.63) is 226 Å². The molecule has 6 aromatic carbocycles. The number of carboxylic acid groups (broad SMARTS) is 1. The van der Waals surface area contributed by atoms with E-state index in [0.29, 0.717) is 51.3 Å². The first-order valence-electron chi connectivity index (χ1n) is 26.9. The Morgan fingerprint density at radius 1 is 0.643 bits per heavy atom. The van der Waals surface area contributed by atoms with Crippen molar-refractivity contribution < 1.29 is 32.7 Å². The number of carboxylic acids is 1. The highest BCUT2D eigenvalue weighted by Gasteiger charge is 2.27. The summed E-state index contributed by atoms with van der Waals surface area (Å²) in [5.74, 6) is -1.79. The predicted molar refractivity (Wildman–Crippen MR) is 318 cm³/mol. The summed E-state index contributed by atoms with van der Waals surface area (Å²) in [4.78, 5) is 47.2. The van der Waals surface area contributed by atoms with Gasteiger partial charge in [-0.3, -0.25) is 19.8 Å². The summed E-state index contributed by atoms with van der Waals surface area (Å²) in [5.41, 5.74) is 17.8. The van der Waals surface area contributed by atoms with Gasteiger partial charge in [0.15, 0.2) is 0 Å². The van der Waals surface area contributed by atoms with Gasteiger partial charge in [0.25, 0.3) is 17.8 Å². The molecular formula is C63H63F3N14O4. The highest BCUT2D eigenvalue weighted by molar-refractivity contribution is 6.04. The van der Waals surface area contributed by atoms with E-state index in [1.165, 1.54) is 72.6 Å². The maximum atomic E-state index is 15.0. The Balaban J connectivity index is 0.000000195. The molecule has 3 aromatic heterocycles. The molecule has 0 spiro atoms. The van der Waals surface area contributed by atoms with Crippen LogP contribution in [0.3, 0.4) is 0 Å². The van der Waals surface area contributed by atoms with Crippen molar-refractivity contribution in [2.45, 2.75) is 65.5 Å². The highest BCUT2D eigenvalue weighted by atomic mass is 19.1. The second-order valence-electron chi connectivity index (χ2n) is 20.4. The third-order valence-corrected chi connectivity index (χ3v) is 13.3. The maximum absolute atomic E-state index is 15.0. The van der Waals surface area contributed by atoms with Crippen molar-refractivity contribution in [1.82, 2.24) is 40.2 Å². The van der Waals surface area contributed by atoms with E-state index in [-0.39, 0.29) is 46.4 Å². The van der Waals surface area contributed by atoms with Crippen molar-refractivity contribution in [2.75, 3.05) is 29.5 Å². The van der Waals surface area contributed by atoms with E-state index in [0.717, 1.165) is 48.3 Å². The molecule has 0 radical (unpaired) electrons. The molecule has 2 atom stereocenters. The van der Waals surface area contributed by atoms with Gasteiger partial charge in [0.1, 0.15) is 41.0 Å². The van der Waals surface area contributed by atoms with E-state index < -0.39 is 35.2 Å². The van der Waals surface area contributed by atoms with Crippen LogP contribution in [-0.4, -0.2) is 71.3 Å². The molecule has 84 heavy (non-hydrogen) atoms. The van der Waals surface area contributed by atoms with E-state index in [1.807, 2.05) is 48.5 Å². The fourth-order valence-electron chi connectivity index (χ4n) is 9.00. The van der Waals surface area contributed by atoms with E-state index in [9.17, 15) is 22.8 Å². The van der Waals surface area contributed by atoms with Gasteiger partial charge in [-0.05, 0) is 166 Å². The Bertz CT molecular complexity index is 3840. The molecule has 9 aromatic rings. The average Bonchev–Trinajstić information content (AvgIpc) is 4.57. The van der Waals surface area contributed by atoms with Crippen molar-refractivity contribution in [1.29, 1.82) is 5.41 Å². The first kappa shape index (κ1) is 60.1. The fourth-order valence-corrected chi connectivity index (χ4v) is 9.00. The van der Waals surface area contributed by atoms with E-state index in [1.54, 1.807) is 68.4 Å². The van der Waals surface area contributed by atoms with Crippen LogP contribution < -0.4 is 32.7 Å². The standard InChI is InChI=1S/C30H28FN7O.C29H25F2N5O.C2H6N2.C2H4O2/c1-18-13-27(38(37-18)22-10-12-25-23(15-22)29(32)35-17-34-25)30(39)36-26-14-21(9-11-24(26)31)28(33-16-19-7-8-19)20-5-3-2-4-6-20;1-18-14-27(36(35-18)22-11-13-23(30)25(16-22)32-2)29(37)34-26-15-21(10-12-24(26)31)28(33-17-19-8-9-19)20-6-4-3-5-7-20;2*1-2(3)4/h2-6,9-15,17,19,28,33H,7-8,16H2,1H3,(H,36,39)(H2,32,34,35);3-7,10-16,19,28,33H,8-9,17H2,1H3,(H,34,37);1H3,(H3,3,4);1H3,(H,3,4). The Morgan fingerprint density at radius 3 is 1.51 bits per heavy atom. The average molecular weight is 1140 g/mol. The van der Waals surface area contributed by atoms with Gasteiger partial charge in [-0.25, -0.2) is 37.3 Å². The number of carbonyl (C=O) groups excluding carboxylic acids is 2. The summed E-state index contributed by atoms with van der Waals surface area (Å²) in [6, 6.07) is 41.8. The number of rotatable bonds is 16. The number of halogens is 3. The second kappa shape index (κ2) is 27.6. The van der Waals surface area contributed by atoms with Gasteiger partial charge in [0.05, 0.1) is 64.1 Å². The molecule has 18 nitrogen and oxygen atoms in total. The lowest BCUT2D eigenvalue weighted by Crippen LogP contribution is -2.25. The van der Waals surface area contributed by atoms with Gasteiger partial charge in [-0.1, -0.05) is 72.8 Å². The lowest BCUT2D eigenvalue weighted by molar-refractivity contribution is -0.134. The van der Waals surface area contributed by atoms with Crippen LogP contribution in [0, 0.1) is 55.1 Å². The SMILES string of the molecule is CC(=N)N.CC(=O)O.Cc1cc(C(=O)Nc2cc(C(NCC3CC3)c3ccccc3)ccc2F)n(-c2ccc3ncnc(N)c3c2)n1.[C-]#[N+]c1cc(-n2nc(C)cc2C(=O)Nc2cc(C(NCC3CC3)c3ccccc3)ccc2F)ccc1F. The van der Waals surface area contributed by atoms with Crippen molar-refractivity contribution in [2.24, 2.45) is 17.6 Å². The number of nitrogens with two attached hydrogens (primary N) is 2. The number of anilines is 3. The van der Waals surface area contributed by atoms with Crippen molar-refractivity contribution in [3.63, 3.8) is 0 Å². The number of amides is 2. The van der Waals surface area contributed by atoms with Crippen molar-refractivity contribution >= 4 is 57.4 Å². The molecule has 2 aliphatic carbocycles. The zero-order chi connectivity index (χ0) is 60.0. The van der Waals surface area contributed by atoms with Gasteiger partial charge in [-0.2, -0.15) is 10.2 Å². The molecule has 11 rings (SSSR count). The van der Waals surface area contributed by atoms with Crippen LogP contribution in [0.25, 0.3) is 27.1 Å². The monoisotopic (exact) mass is 1140 g/mol. The maximum Gasteiger partial charge on any atom is 0.300 e. The number of hydrogen-bond donors (Lipinski definition) is 8. The quantitative estimate of drug-likeness (QED) is 0.0255. The fraction of sp³-hybridized carbons (Fsp3) is 0.222. The number of nitrogens with zero attached hydrogens (tertiary/aromatic N) is 7. The van der Waals surface area contributed by atoms with E-state index >= 15 is 0 Å². The number of fused-ring (bicyclic) bond motifs is 1. The number of aryl methyl sites for hydroxylation is 2. The first-order valence-corrected chi connectivity index (χ1v) is 26.9. The molecule has 2 fully saturated rings. The molecule has 2 aliphatic rings. The number of nitrogens with one attached hydrogen (secondary N) is 5. The number of aromatic nitrogens is 6. The number of hydrogen-bond acceptors (Lipinski definition) is 11. The van der Waals surface area contributed by atoms with Crippen LogP contribution in [-0.2, 0) is 4.79 Å². The molecule has 2 saturated carbocycles. The summed E-state index contributed by atoms with van der Waals surface area (Å²) in [6.45, 7) is 15.0. The van der Waals surface area contributed by atoms with Gasteiger partial charge in [0, 0.05) is 12.3 Å². The number of nitrogen functional groups attached to an aromatic ring is 1. The minimum atomic E-state index is -0.833. The van der Waals surface area contributed by atoms with Crippen LogP contribution >= 0.6 is 0 Å². The van der Waals surface area contributed by atoms with Gasteiger partial charge < -0.3 is 37.8 Å².